The lowest BCUT2D eigenvalue weighted by Gasteiger charge is -2.13. The van der Waals surface area contributed by atoms with Crippen LogP contribution in [0, 0.1) is 0 Å². The normalized spacial score (nSPS) is 12.7. The zero-order valence-corrected chi connectivity index (χ0v) is 14.8. The highest BCUT2D eigenvalue weighted by molar-refractivity contribution is 8.00. The van der Waals surface area contributed by atoms with Gasteiger partial charge in [-0.25, -0.2) is 4.68 Å². The minimum absolute atomic E-state index is 0.0671. The van der Waals surface area contributed by atoms with E-state index in [-0.39, 0.29) is 5.69 Å². The Morgan fingerprint density at radius 1 is 1.33 bits per heavy atom. The van der Waals surface area contributed by atoms with Gasteiger partial charge in [0.15, 0.2) is 0 Å². The number of hydrogen-bond acceptors (Lipinski definition) is 6. The van der Waals surface area contributed by atoms with Crippen LogP contribution in [0.3, 0.4) is 0 Å². The fraction of sp³-hybridized carbons (Fsp3) is 0.250. The van der Waals surface area contributed by atoms with Gasteiger partial charge in [0.05, 0.1) is 17.1 Å². The Balaban J connectivity index is 1.64. The number of nitrogens with zero attached hydrogens (tertiary/aromatic N) is 4. The third-order valence-electron chi connectivity index (χ3n) is 3.49. The first-order chi connectivity index (χ1) is 12.8. The molecule has 0 aliphatic rings. The van der Waals surface area contributed by atoms with E-state index in [4.69, 9.17) is 4.42 Å². The summed E-state index contributed by atoms with van der Waals surface area (Å²) < 4.78 is 45.0. The lowest BCUT2D eigenvalue weighted by molar-refractivity contribution is -0.137. The molecule has 7 nitrogen and oxygen atoms in total. The standard InChI is InChI=1S/C16H14F3N5O2S/c1-10(14(25)20-12-5-2-4-11(8-12)16(17,18)19)27-15-21-22-23-24(15)9-13-6-3-7-26-13/h2-8,10H,9H2,1H3,(H,20,25). The molecule has 0 bridgehead atoms. The second-order valence-corrected chi connectivity index (χ2v) is 6.83. The SMILES string of the molecule is CC(Sc1nnnn1Cc1ccco1)C(=O)Nc1cccc(C(F)(F)F)c1. The molecule has 0 aliphatic heterocycles. The number of alkyl halides is 3. The summed E-state index contributed by atoms with van der Waals surface area (Å²) in [6, 6.07) is 7.95. The van der Waals surface area contributed by atoms with Crippen LogP contribution in [0.15, 0.2) is 52.2 Å². The number of aromatic nitrogens is 4. The fourth-order valence-electron chi connectivity index (χ4n) is 2.16. The summed E-state index contributed by atoms with van der Waals surface area (Å²) in [5.74, 6) is 0.178. The zero-order valence-electron chi connectivity index (χ0n) is 14.0. The minimum Gasteiger partial charge on any atom is -0.467 e. The van der Waals surface area contributed by atoms with E-state index in [0.717, 1.165) is 23.9 Å². The van der Waals surface area contributed by atoms with Gasteiger partial charge in [0.2, 0.25) is 11.1 Å². The van der Waals surface area contributed by atoms with Crippen molar-refractivity contribution in [2.24, 2.45) is 0 Å². The topological polar surface area (TPSA) is 85.8 Å². The molecular weight excluding hydrogens is 383 g/mol. The third kappa shape index (κ3) is 4.88. The van der Waals surface area contributed by atoms with E-state index in [2.05, 4.69) is 20.8 Å². The van der Waals surface area contributed by atoms with Gasteiger partial charge in [-0.15, -0.1) is 5.10 Å². The number of rotatable bonds is 6. The van der Waals surface area contributed by atoms with Crippen LogP contribution in [0.4, 0.5) is 18.9 Å². The molecule has 0 fully saturated rings. The summed E-state index contributed by atoms with van der Waals surface area (Å²) in [4.78, 5) is 12.3. The second-order valence-electron chi connectivity index (χ2n) is 5.53. The van der Waals surface area contributed by atoms with Crippen molar-refractivity contribution in [1.29, 1.82) is 0 Å². The molecule has 1 aromatic carbocycles. The van der Waals surface area contributed by atoms with Crippen LogP contribution in [0.2, 0.25) is 0 Å². The van der Waals surface area contributed by atoms with Gasteiger partial charge in [-0.1, -0.05) is 17.8 Å². The van der Waals surface area contributed by atoms with Gasteiger partial charge < -0.3 is 9.73 Å². The number of thioether (sulfide) groups is 1. The zero-order chi connectivity index (χ0) is 19.4. The highest BCUT2D eigenvalue weighted by Crippen LogP contribution is 2.31. The molecule has 3 aromatic rings. The summed E-state index contributed by atoms with van der Waals surface area (Å²) in [6.45, 7) is 1.91. The molecule has 142 valence electrons. The van der Waals surface area contributed by atoms with Crippen molar-refractivity contribution in [2.45, 2.75) is 30.1 Å². The summed E-state index contributed by atoms with van der Waals surface area (Å²) >= 11 is 1.09. The van der Waals surface area contributed by atoms with Crippen LogP contribution in [0.1, 0.15) is 18.2 Å². The monoisotopic (exact) mass is 397 g/mol. The molecule has 1 N–H and O–H groups in total. The fourth-order valence-corrected chi connectivity index (χ4v) is 2.95. The number of amides is 1. The predicted molar refractivity (Wildman–Crippen MR) is 91.0 cm³/mol. The van der Waals surface area contributed by atoms with E-state index >= 15 is 0 Å². The molecule has 0 saturated carbocycles. The first kappa shape index (κ1) is 19.0. The van der Waals surface area contributed by atoms with Gasteiger partial charge in [-0.2, -0.15) is 13.2 Å². The predicted octanol–water partition coefficient (Wildman–Crippen LogP) is 3.45. The van der Waals surface area contributed by atoms with Crippen molar-refractivity contribution in [3.8, 4) is 0 Å². The Kier molecular flexibility index (Phi) is 5.49. The van der Waals surface area contributed by atoms with Crippen LogP contribution in [0.5, 0.6) is 0 Å². The maximum atomic E-state index is 12.8. The van der Waals surface area contributed by atoms with Gasteiger partial charge in [0.25, 0.3) is 0 Å². The molecule has 11 heteroatoms. The Hall–Kier alpha value is -2.82. The summed E-state index contributed by atoms with van der Waals surface area (Å²) in [5, 5.41) is 13.5. The number of carbonyl (C=O) groups excluding carboxylic acids is 1. The van der Waals surface area contributed by atoms with E-state index in [1.807, 2.05) is 0 Å². The van der Waals surface area contributed by atoms with Gasteiger partial charge in [0.1, 0.15) is 12.3 Å². The van der Waals surface area contributed by atoms with Gasteiger partial charge in [-0.3, -0.25) is 4.79 Å². The second kappa shape index (κ2) is 7.82. The quantitative estimate of drug-likeness (QED) is 0.641. The summed E-state index contributed by atoms with van der Waals surface area (Å²) in [7, 11) is 0. The molecule has 0 spiro atoms. The van der Waals surface area contributed by atoms with Crippen molar-refractivity contribution in [3.63, 3.8) is 0 Å². The average molecular weight is 397 g/mol. The maximum absolute atomic E-state index is 12.8. The first-order valence-corrected chi connectivity index (χ1v) is 8.64. The van der Waals surface area contributed by atoms with Crippen LogP contribution in [-0.2, 0) is 17.5 Å². The van der Waals surface area contributed by atoms with Crippen LogP contribution in [-0.4, -0.2) is 31.4 Å². The molecule has 1 unspecified atom stereocenters. The molecular formula is C16H14F3N5O2S. The number of carbonyl (C=O) groups is 1. The first-order valence-electron chi connectivity index (χ1n) is 7.76. The minimum atomic E-state index is -4.48. The number of tetrazole rings is 1. The van der Waals surface area contributed by atoms with Gasteiger partial charge >= 0.3 is 6.18 Å². The van der Waals surface area contributed by atoms with Crippen molar-refractivity contribution in [1.82, 2.24) is 20.2 Å². The highest BCUT2D eigenvalue weighted by Gasteiger charge is 2.30. The number of nitrogens with one attached hydrogen (secondary N) is 1. The molecule has 2 aromatic heterocycles. The van der Waals surface area contributed by atoms with Crippen LogP contribution < -0.4 is 5.32 Å². The molecule has 0 saturated heterocycles. The number of anilines is 1. The molecule has 2 heterocycles. The van der Waals surface area contributed by atoms with E-state index in [1.54, 1.807) is 19.1 Å². The number of furan rings is 1. The van der Waals surface area contributed by atoms with E-state index in [1.165, 1.54) is 23.1 Å². The Morgan fingerprint density at radius 3 is 2.85 bits per heavy atom. The lowest BCUT2D eigenvalue weighted by atomic mass is 10.2. The Labute approximate surface area is 155 Å². The summed E-state index contributed by atoms with van der Waals surface area (Å²) in [6.07, 6.45) is -2.95. The number of halogens is 3. The van der Waals surface area contributed by atoms with Gasteiger partial charge in [0, 0.05) is 5.69 Å². The molecule has 0 radical (unpaired) electrons. The lowest BCUT2D eigenvalue weighted by Crippen LogP contribution is -2.23. The van der Waals surface area contributed by atoms with Crippen molar-refractivity contribution >= 4 is 23.4 Å². The Morgan fingerprint density at radius 2 is 2.15 bits per heavy atom. The van der Waals surface area contributed by atoms with Crippen LogP contribution in [0.25, 0.3) is 0 Å². The Bertz CT molecular complexity index is 911. The largest absolute Gasteiger partial charge is 0.467 e. The van der Waals surface area contributed by atoms with E-state index in [9.17, 15) is 18.0 Å². The third-order valence-corrected chi connectivity index (χ3v) is 4.56. The van der Waals surface area contributed by atoms with Crippen molar-refractivity contribution in [2.75, 3.05) is 5.32 Å². The molecule has 0 aliphatic carbocycles. The van der Waals surface area contributed by atoms with Gasteiger partial charge in [-0.05, 0) is 47.7 Å². The highest BCUT2D eigenvalue weighted by atomic mass is 32.2. The average Bonchev–Trinajstić information content (AvgIpc) is 3.27. The van der Waals surface area contributed by atoms with Crippen LogP contribution >= 0.6 is 11.8 Å². The summed E-state index contributed by atoms with van der Waals surface area (Å²) in [5.41, 5.74) is -0.763. The van der Waals surface area contributed by atoms with E-state index < -0.39 is 22.9 Å². The van der Waals surface area contributed by atoms with E-state index in [0.29, 0.717) is 17.5 Å². The molecule has 27 heavy (non-hydrogen) atoms. The number of hydrogen-bond donors (Lipinski definition) is 1. The molecule has 1 amide bonds. The van der Waals surface area contributed by atoms with Crippen molar-refractivity contribution in [3.05, 3.63) is 54.0 Å². The molecule has 3 rings (SSSR count). The number of benzene rings is 1. The maximum Gasteiger partial charge on any atom is 0.416 e. The smallest absolute Gasteiger partial charge is 0.416 e. The molecule has 1 atom stereocenters. The van der Waals surface area contributed by atoms with Crippen molar-refractivity contribution < 1.29 is 22.4 Å².